The van der Waals surface area contributed by atoms with E-state index >= 15 is 0 Å². The van der Waals surface area contributed by atoms with Crippen molar-refractivity contribution in [1.29, 1.82) is 0 Å². The quantitative estimate of drug-likeness (QED) is 0.260. The second-order valence-electron chi connectivity index (χ2n) is 10.8. The number of alkyl halides is 3. The van der Waals surface area contributed by atoms with Gasteiger partial charge >= 0.3 is 6.18 Å². The Kier molecular flexibility index (Phi) is 8.58. The van der Waals surface area contributed by atoms with E-state index < -0.39 is 24.0 Å². The number of piperidine rings is 1. The Morgan fingerprint density at radius 2 is 1.76 bits per heavy atom. The molecule has 3 heterocycles. The highest BCUT2D eigenvalue weighted by molar-refractivity contribution is 5.96. The Balaban J connectivity index is 1.28. The van der Waals surface area contributed by atoms with Gasteiger partial charge in [0.15, 0.2) is 5.65 Å². The van der Waals surface area contributed by atoms with E-state index in [2.05, 4.69) is 20.3 Å². The molecule has 1 aliphatic rings. The van der Waals surface area contributed by atoms with Gasteiger partial charge in [-0.15, -0.1) is 0 Å². The monoisotopic (exact) mass is 565 g/mol. The number of carbonyl (C=O) groups excluding carboxylic acids is 1. The molecule has 1 aliphatic heterocycles. The molecule has 0 radical (unpaired) electrons. The fourth-order valence-corrected chi connectivity index (χ4v) is 5.13. The molecule has 0 saturated carbocycles. The van der Waals surface area contributed by atoms with Crippen LogP contribution in [0, 0.1) is 5.92 Å². The van der Waals surface area contributed by atoms with Crippen LogP contribution in [0.3, 0.4) is 0 Å². The van der Waals surface area contributed by atoms with Crippen molar-refractivity contribution in [2.45, 2.75) is 45.3 Å². The van der Waals surface area contributed by atoms with E-state index in [4.69, 9.17) is 4.74 Å². The van der Waals surface area contributed by atoms with Gasteiger partial charge in [0.2, 0.25) is 0 Å². The first-order valence-corrected chi connectivity index (χ1v) is 14.0. The molecule has 0 bridgehead atoms. The van der Waals surface area contributed by atoms with Gasteiger partial charge in [0.25, 0.3) is 5.91 Å². The highest BCUT2D eigenvalue weighted by Crippen LogP contribution is 2.29. The number of ether oxygens (including phenoxy) is 1. The van der Waals surface area contributed by atoms with Crippen molar-refractivity contribution >= 4 is 11.6 Å². The van der Waals surface area contributed by atoms with E-state index in [1.807, 2.05) is 30.5 Å². The van der Waals surface area contributed by atoms with Crippen molar-refractivity contribution in [3.63, 3.8) is 0 Å². The lowest BCUT2D eigenvalue weighted by Crippen LogP contribution is -2.48. The van der Waals surface area contributed by atoms with Gasteiger partial charge < -0.3 is 10.1 Å². The first-order chi connectivity index (χ1) is 19.7. The summed E-state index contributed by atoms with van der Waals surface area (Å²) in [4.78, 5) is 19.7. The normalized spacial score (nSPS) is 15.3. The van der Waals surface area contributed by atoms with Crippen molar-refractivity contribution in [3.05, 3.63) is 72.7 Å². The van der Waals surface area contributed by atoms with Crippen molar-refractivity contribution in [2.75, 3.05) is 26.2 Å². The molecule has 2 aromatic heterocycles. The zero-order valence-electron chi connectivity index (χ0n) is 23.2. The van der Waals surface area contributed by atoms with Gasteiger partial charge in [-0.2, -0.15) is 18.3 Å². The summed E-state index contributed by atoms with van der Waals surface area (Å²) in [6.45, 7) is 6.74. The van der Waals surface area contributed by atoms with Crippen LogP contribution in [0.5, 0.6) is 5.75 Å². The minimum Gasteiger partial charge on any atom is -0.492 e. The Bertz CT molecular complexity index is 1480. The van der Waals surface area contributed by atoms with E-state index in [9.17, 15) is 18.0 Å². The van der Waals surface area contributed by atoms with Crippen LogP contribution in [0.4, 0.5) is 13.2 Å². The predicted molar refractivity (Wildman–Crippen MR) is 152 cm³/mol. The smallest absolute Gasteiger partial charge is 0.408 e. The summed E-state index contributed by atoms with van der Waals surface area (Å²) in [6, 6.07) is 12.4. The fourth-order valence-electron chi connectivity index (χ4n) is 5.13. The maximum absolute atomic E-state index is 13.4. The third kappa shape index (κ3) is 6.87. The van der Waals surface area contributed by atoms with Gasteiger partial charge in [-0.05, 0) is 67.2 Å². The zero-order chi connectivity index (χ0) is 29.0. The van der Waals surface area contributed by atoms with Crippen LogP contribution >= 0.6 is 0 Å². The average Bonchev–Trinajstić information content (AvgIpc) is 3.39. The molecular weight excluding hydrogens is 531 g/mol. The number of hydrogen-bond acceptors (Lipinski definition) is 5. The molecule has 0 spiro atoms. The number of fused-ring (bicyclic) bond motifs is 1. The Hall–Kier alpha value is -3.92. The molecule has 2 aromatic carbocycles. The van der Waals surface area contributed by atoms with E-state index in [1.165, 1.54) is 39.2 Å². The standard InChI is InChI=1S/C31H34F3N5O2/c1-21(2)28(31(32,33)34)37-30(40)24-8-6-7-23(17-24)27-19-36-39-20-25(18-35-29(27)39)22-9-11-26(12-10-22)41-16-15-38-13-4-3-5-14-38/h6-12,17-21,28H,3-5,13-16H2,1-2H3,(H,37,40). The zero-order valence-corrected chi connectivity index (χ0v) is 23.2. The number of benzene rings is 2. The maximum atomic E-state index is 13.4. The number of aromatic nitrogens is 3. The molecule has 1 fully saturated rings. The molecule has 10 heteroatoms. The number of nitrogens with zero attached hydrogens (tertiary/aromatic N) is 4. The van der Waals surface area contributed by atoms with Gasteiger partial charge in [-0.1, -0.05) is 44.5 Å². The predicted octanol–water partition coefficient (Wildman–Crippen LogP) is 6.24. The molecule has 1 N–H and O–H groups in total. The van der Waals surface area contributed by atoms with Crippen LogP contribution in [0.25, 0.3) is 27.9 Å². The third-order valence-corrected chi connectivity index (χ3v) is 7.41. The Morgan fingerprint density at radius 3 is 2.46 bits per heavy atom. The molecule has 41 heavy (non-hydrogen) atoms. The van der Waals surface area contributed by atoms with Gasteiger partial charge in [-0.25, -0.2) is 9.50 Å². The van der Waals surface area contributed by atoms with Crippen molar-refractivity contribution < 1.29 is 22.7 Å². The topological polar surface area (TPSA) is 71.8 Å². The second-order valence-corrected chi connectivity index (χ2v) is 10.8. The molecule has 1 amide bonds. The summed E-state index contributed by atoms with van der Waals surface area (Å²) in [5.41, 5.74) is 3.83. The lowest BCUT2D eigenvalue weighted by Gasteiger charge is -2.26. The number of halogens is 3. The van der Waals surface area contributed by atoms with Crippen LogP contribution in [0.1, 0.15) is 43.5 Å². The molecule has 1 atom stereocenters. The summed E-state index contributed by atoms with van der Waals surface area (Å²) >= 11 is 0. The summed E-state index contributed by atoms with van der Waals surface area (Å²) in [7, 11) is 0. The lowest BCUT2D eigenvalue weighted by atomic mass is 10.0. The lowest BCUT2D eigenvalue weighted by molar-refractivity contribution is -0.162. The van der Waals surface area contributed by atoms with Gasteiger partial charge in [0.05, 0.1) is 6.20 Å². The van der Waals surface area contributed by atoms with Gasteiger partial charge in [-0.3, -0.25) is 9.69 Å². The largest absolute Gasteiger partial charge is 0.492 e. The summed E-state index contributed by atoms with van der Waals surface area (Å²) in [5.74, 6) is -0.762. The number of amides is 1. The molecule has 5 rings (SSSR count). The van der Waals surface area contributed by atoms with Crippen molar-refractivity contribution in [1.82, 2.24) is 24.8 Å². The highest BCUT2D eigenvalue weighted by atomic mass is 19.4. The molecule has 1 unspecified atom stereocenters. The average molecular weight is 566 g/mol. The highest BCUT2D eigenvalue weighted by Gasteiger charge is 2.42. The minimum absolute atomic E-state index is 0.131. The van der Waals surface area contributed by atoms with E-state index in [0.29, 0.717) is 23.4 Å². The number of rotatable bonds is 9. The fraction of sp³-hybridized carbons (Fsp3) is 0.387. The van der Waals surface area contributed by atoms with Crippen LogP contribution < -0.4 is 10.1 Å². The molecule has 4 aromatic rings. The SMILES string of the molecule is CC(C)C(NC(=O)c1cccc(-c2cnn3cc(-c4ccc(OCCN5CCCCC5)cc4)cnc23)c1)C(F)(F)F. The second kappa shape index (κ2) is 12.3. The van der Waals surface area contributed by atoms with Crippen molar-refractivity contribution in [2.24, 2.45) is 5.92 Å². The van der Waals surface area contributed by atoms with Crippen LogP contribution in [0.2, 0.25) is 0 Å². The molecule has 7 nitrogen and oxygen atoms in total. The summed E-state index contributed by atoms with van der Waals surface area (Å²) in [6.07, 6.45) is 4.56. The number of nitrogens with one attached hydrogen (secondary N) is 1. The van der Waals surface area contributed by atoms with E-state index in [-0.39, 0.29) is 5.56 Å². The van der Waals surface area contributed by atoms with Crippen LogP contribution in [0.15, 0.2) is 67.1 Å². The summed E-state index contributed by atoms with van der Waals surface area (Å²) < 4.78 is 47.7. The molecule has 1 saturated heterocycles. The minimum atomic E-state index is -4.54. The summed E-state index contributed by atoms with van der Waals surface area (Å²) in [5, 5.41) is 6.56. The number of carbonyl (C=O) groups is 1. The van der Waals surface area contributed by atoms with Crippen LogP contribution in [-0.4, -0.2) is 63.9 Å². The van der Waals surface area contributed by atoms with E-state index in [0.717, 1.165) is 36.5 Å². The third-order valence-electron chi connectivity index (χ3n) is 7.41. The Labute approximate surface area is 237 Å². The molecule has 0 aliphatic carbocycles. The number of likely N-dealkylation sites (tertiary alicyclic amines) is 1. The number of hydrogen-bond donors (Lipinski definition) is 1. The molecule has 216 valence electrons. The van der Waals surface area contributed by atoms with Gasteiger partial charge in [0, 0.05) is 35.6 Å². The first-order valence-electron chi connectivity index (χ1n) is 14.0. The van der Waals surface area contributed by atoms with Crippen molar-refractivity contribution in [3.8, 4) is 28.0 Å². The first kappa shape index (κ1) is 28.6. The van der Waals surface area contributed by atoms with E-state index in [1.54, 1.807) is 35.1 Å². The molecular formula is C31H34F3N5O2. The Morgan fingerprint density at radius 1 is 1.00 bits per heavy atom. The maximum Gasteiger partial charge on any atom is 0.408 e. The van der Waals surface area contributed by atoms with Crippen LogP contribution in [-0.2, 0) is 0 Å². The van der Waals surface area contributed by atoms with Gasteiger partial charge in [0.1, 0.15) is 18.4 Å².